The molecule has 3 nitrogen and oxygen atoms in total. The number of ether oxygens (including phenoxy) is 1. The molecule has 0 atom stereocenters. The van der Waals surface area contributed by atoms with Crippen LogP contribution in [0.25, 0.3) is 0 Å². The Kier molecular flexibility index (Phi) is 3.34. The first kappa shape index (κ1) is 11.3. The predicted molar refractivity (Wildman–Crippen MR) is 58.1 cm³/mol. The molecular formula is C10H15ClN2O. The molecular weight excluding hydrogens is 200 g/mol. The van der Waals surface area contributed by atoms with Gasteiger partial charge in [0.25, 0.3) is 0 Å². The molecule has 0 saturated carbocycles. The van der Waals surface area contributed by atoms with Gasteiger partial charge < -0.3 is 10.1 Å². The maximum Gasteiger partial charge on any atom is 0.143 e. The van der Waals surface area contributed by atoms with Crippen molar-refractivity contribution in [3.8, 4) is 5.75 Å². The van der Waals surface area contributed by atoms with Gasteiger partial charge in [0.15, 0.2) is 0 Å². The van der Waals surface area contributed by atoms with Crippen LogP contribution in [0.1, 0.15) is 22.5 Å². The van der Waals surface area contributed by atoms with E-state index in [9.17, 15) is 0 Å². The molecule has 0 unspecified atom stereocenters. The number of rotatable bonds is 1. The van der Waals surface area contributed by atoms with Crippen molar-refractivity contribution in [3.05, 3.63) is 22.5 Å². The summed E-state index contributed by atoms with van der Waals surface area (Å²) in [6.07, 6.45) is 0. The van der Waals surface area contributed by atoms with Crippen LogP contribution in [0.5, 0.6) is 5.75 Å². The minimum atomic E-state index is 0. The molecule has 1 aromatic rings. The number of aryl methyl sites for hydroxylation is 1. The van der Waals surface area contributed by atoms with Gasteiger partial charge in [0, 0.05) is 13.1 Å². The Labute approximate surface area is 90.3 Å². The number of aromatic nitrogens is 1. The Balaban J connectivity index is 0.000000980. The molecule has 1 aromatic heterocycles. The Hall–Kier alpha value is -0.800. The summed E-state index contributed by atoms with van der Waals surface area (Å²) in [7, 11) is 1.70. The van der Waals surface area contributed by atoms with E-state index in [-0.39, 0.29) is 12.4 Å². The van der Waals surface area contributed by atoms with Crippen LogP contribution < -0.4 is 10.1 Å². The van der Waals surface area contributed by atoms with Gasteiger partial charge in [-0.3, -0.25) is 4.98 Å². The average molecular weight is 215 g/mol. The van der Waals surface area contributed by atoms with E-state index in [4.69, 9.17) is 4.74 Å². The maximum absolute atomic E-state index is 5.31. The van der Waals surface area contributed by atoms with E-state index < -0.39 is 0 Å². The lowest BCUT2D eigenvalue weighted by Gasteiger charge is -2.11. The number of nitrogens with one attached hydrogen (secondary N) is 1. The molecule has 2 rings (SSSR count). The summed E-state index contributed by atoms with van der Waals surface area (Å²) in [4.78, 5) is 4.50. The van der Waals surface area contributed by atoms with Crippen molar-refractivity contribution in [2.75, 3.05) is 7.11 Å². The van der Waals surface area contributed by atoms with Crippen molar-refractivity contribution in [3.63, 3.8) is 0 Å². The van der Waals surface area contributed by atoms with Crippen molar-refractivity contribution < 1.29 is 4.74 Å². The molecule has 0 aliphatic carbocycles. The zero-order valence-corrected chi connectivity index (χ0v) is 9.49. The summed E-state index contributed by atoms with van der Waals surface area (Å²) >= 11 is 0. The van der Waals surface area contributed by atoms with Crippen molar-refractivity contribution in [2.45, 2.75) is 26.9 Å². The second-order valence-corrected chi connectivity index (χ2v) is 3.38. The molecule has 0 radical (unpaired) electrons. The van der Waals surface area contributed by atoms with Crippen LogP contribution in [0.4, 0.5) is 0 Å². The summed E-state index contributed by atoms with van der Waals surface area (Å²) < 4.78 is 5.31. The second kappa shape index (κ2) is 4.15. The van der Waals surface area contributed by atoms with E-state index in [2.05, 4.69) is 17.2 Å². The van der Waals surface area contributed by atoms with Crippen LogP contribution in [0.3, 0.4) is 0 Å². The van der Waals surface area contributed by atoms with Gasteiger partial charge in [0.1, 0.15) is 5.75 Å². The van der Waals surface area contributed by atoms with Crippen LogP contribution in [0.2, 0.25) is 0 Å². The van der Waals surface area contributed by atoms with Gasteiger partial charge in [-0.2, -0.15) is 0 Å². The van der Waals surface area contributed by atoms with E-state index in [1.54, 1.807) is 7.11 Å². The molecule has 78 valence electrons. The molecule has 0 aromatic carbocycles. The topological polar surface area (TPSA) is 34.1 Å². The van der Waals surface area contributed by atoms with E-state index in [0.717, 1.165) is 24.5 Å². The minimum Gasteiger partial charge on any atom is -0.495 e. The molecule has 0 saturated heterocycles. The zero-order valence-electron chi connectivity index (χ0n) is 8.68. The summed E-state index contributed by atoms with van der Waals surface area (Å²) in [6.45, 7) is 5.90. The lowest BCUT2D eigenvalue weighted by molar-refractivity contribution is 0.405. The van der Waals surface area contributed by atoms with Crippen LogP contribution in [-0.2, 0) is 13.1 Å². The average Bonchev–Trinajstić information content (AvgIpc) is 2.53. The quantitative estimate of drug-likeness (QED) is 0.773. The largest absolute Gasteiger partial charge is 0.495 e. The second-order valence-electron chi connectivity index (χ2n) is 3.38. The van der Waals surface area contributed by atoms with E-state index in [1.165, 1.54) is 16.8 Å². The standard InChI is InChI=1S/C10H14N2O.ClH/c1-6-8-4-11-5-9(8)12-7(2)10(6)13-3;/h11H,4-5H2,1-3H3;1H. The van der Waals surface area contributed by atoms with E-state index in [1.807, 2.05) is 6.92 Å². The predicted octanol–water partition coefficient (Wildman–Crippen LogP) is 1.73. The lowest BCUT2D eigenvalue weighted by atomic mass is 10.1. The normalized spacial score (nSPS) is 13.4. The maximum atomic E-state index is 5.31. The van der Waals surface area contributed by atoms with Crippen LogP contribution in [0, 0.1) is 13.8 Å². The molecule has 0 spiro atoms. The van der Waals surface area contributed by atoms with Gasteiger partial charge in [-0.25, -0.2) is 0 Å². The molecule has 2 heterocycles. The first-order valence-corrected chi connectivity index (χ1v) is 4.47. The molecule has 0 bridgehead atoms. The molecule has 1 aliphatic rings. The smallest absolute Gasteiger partial charge is 0.143 e. The fourth-order valence-electron chi connectivity index (χ4n) is 1.93. The molecule has 0 amide bonds. The van der Waals surface area contributed by atoms with Crippen molar-refractivity contribution in [1.82, 2.24) is 10.3 Å². The third kappa shape index (κ3) is 1.57. The van der Waals surface area contributed by atoms with Crippen LogP contribution in [-0.4, -0.2) is 12.1 Å². The Morgan fingerprint density at radius 3 is 2.64 bits per heavy atom. The highest BCUT2D eigenvalue weighted by Crippen LogP contribution is 2.28. The van der Waals surface area contributed by atoms with Gasteiger partial charge in [-0.05, 0) is 25.0 Å². The highest BCUT2D eigenvalue weighted by Gasteiger charge is 2.18. The number of hydrogen-bond donors (Lipinski definition) is 1. The number of fused-ring (bicyclic) bond motifs is 1. The monoisotopic (exact) mass is 214 g/mol. The molecule has 4 heteroatoms. The van der Waals surface area contributed by atoms with Crippen LogP contribution in [0.15, 0.2) is 0 Å². The van der Waals surface area contributed by atoms with Gasteiger partial charge >= 0.3 is 0 Å². The van der Waals surface area contributed by atoms with E-state index >= 15 is 0 Å². The first-order valence-electron chi connectivity index (χ1n) is 4.47. The molecule has 1 N–H and O–H groups in total. The van der Waals surface area contributed by atoms with Crippen molar-refractivity contribution in [2.24, 2.45) is 0 Å². The molecule has 1 aliphatic heterocycles. The third-order valence-electron chi connectivity index (χ3n) is 2.57. The summed E-state index contributed by atoms with van der Waals surface area (Å²) in [5.74, 6) is 0.933. The number of hydrogen-bond acceptors (Lipinski definition) is 3. The SMILES string of the molecule is COc1c(C)nc2c(c1C)CNC2.Cl. The fourth-order valence-corrected chi connectivity index (χ4v) is 1.93. The number of pyridine rings is 1. The highest BCUT2D eigenvalue weighted by molar-refractivity contribution is 5.85. The summed E-state index contributed by atoms with van der Waals surface area (Å²) in [5.41, 5.74) is 4.70. The van der Waals surface area contributed by atoms with Crippen molar-refractivity contribution >= 4 is 12.4 Å². The lowest BCUT2D eigenvalue weighted by Crippen LogP contribution is -2.00. The Morgan fingerprint density at radius 1 is 1.29 bits per heavy atom. The van der Waals surface area contributed by atoms with E-state index in [0.29, 0.717) is 0 Å². The number of halogens is 1. The minimum absolute atomic E-state index is 0. The Morgan fingerprint density at radius 2 is 2.00 bits per heavy atom. The summed E-state index contributed by atoms with van der Waals surface area (Å²) in [6, 6.07) is 0. The fraction of sp³-hybridized carbons (Fsp3) is 0.500. The van der Waals surface area contributed by atoms with Crippen molar-refractivity contribution in [1.29, 1.82) is 0 Å². The third-order valence-corrected chi connectivity index (χ3v) is 2.57. The highest BCUT2D eigenvalue weighted by atomic mass is 35.5. The number of nitrogens with zero attached hydrogens (tertiary/aromatic N) is 1. The zero-order chi connectivity index (χ0) is 9.42. The van der Waals surface area contributed by atoms with Gasteiger partial charge in [-0.1, -0.05) is 0 Å². The first-order chi connectivity index (χ1) is 6.24. The van der Waals surface area contributed by atoms with Crippen LogP contribution >= 0.6 is 12.4 Å². The number of methoxy groups -OCH3 is 1. The van der Waals surface area contributed by atoms with Gasteiger partial charge in [0.2, 0.25) is 0 Å². The molecule has 0 fully saturated rings. The summed E-state index contributed by atoms with van der Waals surface area (Å²) in [5, 5.41) is 3.29. The Bertz CT molecular complexity index is 349. The van der Waals surface area contributed by atoms with Gasteiger partial charge in [0.05, 0.1) is 18.5 Å². The van der Waals surface area contributed by atoms with Gasteiger partial charge in [-0.15, -0.1) is 12.4 Å². The molecule has 14 heavy (non-hydrogen) atoms.